The fraction of sp³-hybridized carbons (Fsp3) is 0.462. The number of hydrogen-bond acceptors (Lipinski definition) is 3. The average Bonchev–Trinajstić information content (AvgIpc) is 3.11. The van der Waals surface area contributed by atoms with Crippen molar-refractivity contribution in [1.82, 2.24) is 0 Å². The molecule has 0 atom stereocenters. The standard InChI is InChI=1S/C13H14BrFO4/c1-18-8-5-7(11(15)10(14)12(8)19-2)13(3-4-13)6-9(16)17/h5H,3-4,6H2,1-2H3,(H,16,17). The Hall–Kier alpha value is -1.30. The Balaban J connectivity index is 2.53. The maximum absolute atomic E-state index is 14.4. The quantitative estimate of drug-likeness (QED) is 0.900. The number of methoxy groups -OCH3 is 2. The number of rotatable bonds is 5. The van der Waals surface area contributed by atoms with Gasteiger partial charge in [0, 0.05) is 5.41 Å². The number of hydrogen-bond donors (Lipinski definition) is 1. The van der Waals surface area contributed by atoms with E-state index in [0.29, 0.717) is 24.2 Å². The van der Waals surface area contributed by atoms with Crippen LogP contribution in [0.15, 0.2) is 10.5 Å². The molecular formula is C13H14BrFO4. The lowest BCUT2D eigenvalue weighted by Gasteiger charge is -2.18. The number of carboxylic acids is 1. The summed E-state index contributed by atoms with van der Waals surface area (Å²) >= 11 is 3.14. The van der Waals surface area contributed by atoms with Crippen molar-refractivity contribution in [3.8, 4) is 11.5 Å². The monoisotopic (exact) mass is 332 g/mol. The van der Waals surface area contributed by atoms with Crippen molar-refractivity contribution >= 4 is 21.9 Å². The van der Waals surface area contributed by atoms with Crippen molar-refractivity contribution in [3.05, 3.63) is 21.9 Å². The van der Waals surface area contributed by atoms with Crippen molar-refractivity contribution in [2.75, 3.05) is 14.2 Å². The highest BCUT2D eigenvalue weighted by molar-refractivity contribution is 9.10. The molecule has 0 bridgehead atoms. The van der Waals surface area contributed by atoms with Crippen LogP contribution in [0.4, 0.5) is 4.39 Å². The Kier molecular flexibility index (Phi) is 3.71. The molecule has 1 aliphatic rings. The molecule has 1 aromatic rings. The average molecular weight is 333 g/mol. The topological polar surface area (TPSA) is 55.8 Å². The summed E-state index contributed by atoms with van der Waals surface area (Å²) in [5.41, 5.74) is -0.239. The van der Waals surface area contributed by atoms with Gasteiger partial charge in [0.15, 0.2) is 11.5 Å². The normalized spacial score (nSPS) is 16.0. The minimum Gasteiger partial charge on any atom is -0.493 e. The second kappa shape index (κ2) is 5.00. The Morgan fingerprint density at radius 3 is 2.53 bits per heavy atom. The summed E-state index contributed by atoms with van der Waals surface area (Å²) < 4.78 is 24.8. The zero-order valence-electron chi connectivity index (χ0n) is 10.6. The van der Waals surface area contributed by atoms with Gasteiger partial charge in [0.1, 0.15) is 5.82 Å². The smallest absolute Gasteiger partial charge is 0.304 e. The summed E-state index contributed by atoms with van der Waals surface area (Å²) in [6, 6.07) is 1.54. The van der Waals surface area contributed by atoms with Gasteiger partial charge in [-0.3, -0.25) is 4.79 Å². The first-order chi connectivity index (χ1) is 8.95. The van der Waals surface area contributed by atoms with E-state index >= 15 is 0 Å². The minimum atomic E-state index is -0.928. The molecule has 1 aliphatic carbocycles. The van der Waals surface area contributed by atoms with Crippen LogP contribution < -0.4 is 9.47 Å². The summed E-state index contributed by atoms with van der Waals surface area (Å²) in [6.07, 6.45) is 1.25. The van der Waals surface area contributed by atoms with Crippen LogP contribution in [-0.4, -0.2) is 25.3 Å². The van der Waals surface area contributed by atoms with Crippen LogP contribution in [0.2, 0.25) is 0 Å². The number of halogens is 2. The van der Waals surface area contributed by atoms with Gasteiger partial charge < -0.3 is 14.6 Å². The van der Waals surface area contributed by atoms with E-state index in [1.54, 1.807) is 0 Å². The molecule has 2 rings (SSSR count). The van der Waals surface area contributed by atoms with Crippen LogP contribution >= 0.6 is 15.9 Å². The molecule has 0 heterocycles. The van der Waals surface area contributed by atoms with Crippen LogP contribution in [0, 0.1) is 5.82 Å². The molecule has 1 aromatic carbocycles. The first-order valence-electron chi connectivity index (χ1n) is 5.77. The van der Waals surface area contributed by atoms with Gasteiger partial charge in [0.05, 0.1) is 25.1 Å². The summed E-state index contributed by atoms with van der Waals surface area (Å²) in [6.45, 7) is 0. The molecule has 0 unspecified atom stereocenters. The second-order valence-electron chi connectivity index (χ2n) is 4.64. The van der Waals surface area contributed by atoms with Crippen molar-refractivity contribution < 1.29 is 23.8 Å². The predicted molar refractivity (Wildman–Crippen MR) is 70.4 cm³/mol. The molecule has 19 heavy (non-hydrogen) atoms. The van der Waals surface area contributed by atoms with E-state index in [-0.39, 0.29) is 16.6 Å². The number of carboxylic acid groups (broad SMARTS) is 1. The van der Waals surface area contributed by atoms with Crippen molar-refractivity contribution in [2.24, 2.45) is 0 Å². The zero-order chi connectivity index (χ0) is 14.2. The van der Waals surface area contributed by atoms with Gasteiger partial charge in [-0.1, -0.05) is 0 Å². The lowest BCUT2D eigenvalue weighted by atomic mass is 9.91. The Morgan fingerprint density at radius 2 is 2.11 bits per heavy atom. The van der Waals surface area contributed by atoms with Crippen LogP contribution in [0.3, 0.4) is 0 Å². The van der Waals surface area contributed by atoms with Crippen LogP contribution in [-0.2, 0) is 10.2 Å². The molecule has 1 N–H and O–H groups in total. The van der Waals surface area contributed by atoms with E-state index in [1.807, 2.05) is 0 Å². The highest BCUT2D eigenvalue weighted by atomic mass is 79.9. The van der Waals surface area contributed by atoms with Crippen molar-refractivity contribution in [3.63, 3.8) is 0 Å². The van der Waals surface area contributed by atoms with Crippen molar-refractivity contribution in [1.29, 1.82) is 0 Å². The molecule has 0 radical (unpaired) electrons. The number of aliphatic carboxylic acids is 1. The fourth-order valence-corrected chi connectivity index (χ4v) is 2.87. The van der Waals surface area contributed by atoms with Gasteiger partial charge >= 0.3 is 5.97 Å². The summed E-state index contributed by atoms with van der Waals surface area (Å²) in [4.78, 5) is 10.9. The van der Waals surface area contributed by atoms with E-state index in [4.69, 9.17) is 14.6 Å². The first kappa shape index (κ1) is 14.1. The molecule has 6 heteroatoms. The third-order valence-corrected chi connectivity index (χ3v) is 4.17. The van der Waals surface area contributed by atoms with Gasteiger partial charge in [-0.05, 0) is 40.4 Å². The second-order valence-corrected chi connectivity index (χ2v) is 5.43. The molecule has 0 aromatic heterocycles. The summed E-state index contributed by atoms with van der Waals surface area (Å²) in [5.74, 6) is -0.739. The van der Waals surface area contributed by atoms with Crippen LogP contribution in [0.25, 0.3) is 0 Å². The molecule has 4 nitrogen and oxygen atoms in total. The summed E-state index contributed by atoms with van der Waals surface area (Å²) in [5, 5.41) is 8.95. The lowest BCUT2D eigenvalue weighted by Crippen LogP contribution is -2.15. The van der Waals surface area contributed by atoms with Gasteiger partial charge in [0.2, 0.25) is 0 Å². The molecule has 1 saturated carbocycles. The molecule has 0 amide bonds. The third kappa shape index (κ3) is 2.41. The van der Waals surface area contributed by atoms with E-state index in [0.717, 1.165) is 0 Å². The van der Waals surface area contributed by atoms with Crippen LogP contribution in [0.1, 0.15) is 24.8 Å². The SMILES string of the molecule is COc1cc(C2(CC(=O)O)CC2)c(F)c(Br)c1OC. The molecule has 1 fully saturated rings. The maximum atomic E-state index is 14.4. The zero-order valence-corrected chi connectivity index (χ0v) is 12.2. The predicted octanol–water partition coefficient (Wildman–Crippen LogP) is 3.11. The van der Waals surface area contributed by atoms with Gasteiger partial charge in [-0.25, -0.2) is 4.39 Å². The molecule has 0 saturated heterocycles. The summed E-state index contributed by atoms with van der Waals surface area (Å²) in [7, 11) is 2.88. The number of benzene rings is 1. The maximum Gasteiger partial charge on any atom is 0.304 e. The molecular weight excluding hydrogens is 319 g/mol. The Bertz CT molecular complexity index is 526. The highest BCUT2D eigenvalue weighted by Gasteiger charge is 2.48. The fourth-order valence-electron chi connectivity index (χ4n) is 2.30. The highest BCUT2D eigenvalue weighted by Crippen LogP contribution is 2.54. The molecule has 0 spiro atoms. The van der Waals surface area contributed by atoms with Gasteiger partial charge in [-0.2, -0.15) is 0 Å². The number of ether oxygens (including phenoxy) is 2. The first-order valence-corrected chi connectivity index (χ1v) is 6.57. The Labute approximate surface area is 118 Å². The molecule has 0 aliphatic heterocycles. The largest absolute Gasteiger partial charge is 0.493 e. The van der Waals surface area contributed by atoms with E-state index in [9.17, 15) is 9.18 Å². The van der Waals surface area contributed by atoms with E-state index in [1.165, 1.54) is 20.3 Å². The third-order valence-electron chi connectivity index (χ3n) is 3.47. The molecule has 104 valence electrons. The van der Waals surface area contributed by atoms with E-state index in [2.05, 4.69) is 15.9 Å². The van der Waals surface area contributed by atoms with Crippen LogP contribution in [0.5, 0.6) is 11.5 Å². The Morgan fingerprint density at radius 1 is 1.47 bits per heavy atom. The van der Waals surface area contributed by atoms with Crippen molar-refractivity contribution in [2.45, 2.75) is 24.7 Å². The van der Waals surface area contributed by atoms with Gasteiger partial charge in [0.25, 0.3) is 0 Å². The van der Waals surface area contributed by atoms with E-state index < -0.39 is 17.2 Å². The van der Waals surface area contributed by atoms with Gasteiger partial charge in [-0.15, -0.1) is 0 Å². The minimum absolute atomic E-state index is 0.0775. The lowest BCUT2D eigenvalue weighted by molar-refractivity contribution is -0.137. The number of carbonyl (C=O) groups is 1.